The summed E-state index contributed by atoms with van der Waals surface area (Å²) in [6.45, 7) is -0.222. The number of hydrogen-bond donors (Lipinski definition) is 1. The Kier molecular flexibility index (Phi) is 6.35. The van der Waals surface area contributed by atoms with Crippen LogP contribution in [-0.2, 0) is 14.8 Å². The number of carbonyl (C=O) groups is 1. The normalized spacial score (nSPS) is 15.2. The Morgan fingerprint density at radius 3 is 2.48 bits per heavy atom. The van der Waals surface area contributed by atoms with Crippen molar-refractivity contribution >= 4 is 38.9 Å². The molecule has 0 spiro atoms. The van der Waals surface area contributed by atoms with Crippen molar-refractivity contribution in [1.82, 2.24) is 0 Å². The van der Waals surface area contributed by atoms with Gasteiger partial charge in [-0.2, -0.15) is 0 Å². The SMILES string of the molecule is COc1ccc(S(=O)(=O)N2CC(C(=O)Nc3cc(Cl)ccc3OC)Oc3ccccc32)cc1. The van der Waals surface area contributed by atoms with Crippen molar-refractivity contribution < 1.29 is 27.4 Å². The van der Waals surface area contributed by atoms with E-state index in [2.05, 4.69) is 5.32 Å². The van der Waals surface area contributed by atoms with Gasteiger partial charge in [-0.1, -0.05) is 23.7 Å². The Hall–Kier alpha value is -3.43. The quantitative estimate of drug-likeness (QED) is 0.564. The number of para-hydroxylation sites is 2. The maximum atomic E-state index is 13.5. The molecule has 0 aromatic heterocycles. The van der Waals surface area contributed by atoms with E-state index in [-0.39, 0.29) is 17.2 Å². The van der Waals surface area contributed by atoms with Gasteiger partial charge in [0.15, 0.2) is 6.10 Å². The van der Waals surface area contributed by atoms with Crippen LogP contribution in [-0.4, -0.2) is 41.2 Å². The van der Waals surface area contributed by atoms with Crippen molar-refractivity contribution in [2.24, 2.45) is 0 Å². The van der Waals surface area contributed by atoms with E-state index in [0.29, 0.717) is 27.9 Å². The topological polar surface area (TPSA) is 94.2 Å². The van der Waals surface area contributed by atoms with E-state index in [9.17, 15) is 13.2 Å². The highest BCUT2D eigenvalue weighted by Gasteiger charge is 2.37. The van der Waals surface area contributed by atoms with Gasteiger partial charge in [-0.25, -0.2) is 8.42 Å². The maximum absolute atomic E-state index is 13.5. The number of halogens is 1. The summed E-state index contributed by atoms with van der Waals surface area (Å²) in [7, 11) is -1.02. The van der Waals surface area contributed by atoms with Gasteiger partial charge in [0.1, 0.15) is 17.2 Å². The number of nitrogens with one attached hydrogen (secondary N) is 1. The first-order chi connectivity index (χ1) is 15.8. The number of fused-ring (bicyclic) bond motifs is 1. The molecular weight excluding hydrogens is 468 g/mol. The van der Waals surface area contributed by atoms with E-state index in [1.54, 1.807) is 54.6 Å². The van der Waals surface area contributed by atoms with Crippen molar-refractivity contribution in [2.45, 2.75) is 11.0 Å². The molecule has 172 valence electrons. The third kappa shape index (κ3) is 4.55. The number of amides is 1. The molecule has 4 rings (SSSR count). The molecule has 3 aromatic carbocycles. The summed E-state index contributed by atoms with van der Waals surface area (Å²) in [5.74, 6) is 0.676. The molecule has 0 bridgehead atoms. The molecular formula is C23H21ClN2O6S. The van der Waals surface area contributed by atoms with Gasteiger partial charge < -0.3 is 19.5 Å². The van der Waals surface area contributed by atoms with Gasteiger partial charge in [0.05, 0.1) is 37.0 Å². The molecule has 1 unspecified atom stereocenters. The molecule has 33 heavy (non-hydrogen) atoms. The van der Waals surface area contributed by atoms with Crippen LogP contribution in [0.15, 0.2) is 71.6 Å². The van der Waals surface area contributed by atoms with Gasteiger partial charge in [0.25, 0.3) is 15.9 Å². The predicted octanol–water partition coefficient (Wildman–Crippen LogP) is 3.95. The number of rotatable bonds is 6. The molecule has 1 aliphatic heterocycles. The van der Waals surface area contributed by atoms with Crippen LogP contribution in [0.1, 0.15) is 0 Å². The summed E-state index contributed by atoms with van der Waals surface area (Å²) in [4.78, 5) is 13.1. The Bertz CT molecular complexity index is 1280. The lowest BCUT2D eigenvalue weighted by molar-refractivity contribution is -0.122. The fourth-order valence-corrected chi connectivity index (χ4v) is 5.08. The minimum Gasteiger partial charge on any atom is -0.497 e. The van der Waals surface area contributed by atoms with E-state index in [1.165, 1.54) is 30.7 Å². The zero-order chi connectivity index (χ0) is 23.6. The summed E-state index contributed by atoms with van der Waals surface area (Å²) in [5, 5.41) is 3.13. The fraction of sp³-hybridized carbons (Fsp3) is 0.174. The third-order valence-corrected chi connectivity index (χ3v) is 7.12. The highest BCUT2D eigenvalue weighted by Crippen LogP contribution is 2.37. The molecule has 0 saturated carbocycles. The van der Waals surface area contributed by atoms with Crippen LogP contribution in [0.5, 0.6) is 17.2 Å². The number of anilines is 2. The second kappa shape index (κ2) is 9.21. The second-order valence-corrected chi connectivity index (χ2v) is 9.42. The number of ether oxygens (including phenoxy) is 3. The fourth-order valence-electron chi connectivity index (χ4n) is 3.43. The van der Waals surface area contributed by atoms with Crippen LogP contribution < -0.4 is 23.8 Å². The standard InChI is InChI=1S/C23H21ClN2O6S/c1-30-16-8-10-17(11-9-16)33(28,29)26-14-22(32-21-6-4-3-5-19(21)26)23(27)25-18-13-15(24)7-12-20(18)31-2/h3-13,22H,14H2,1-2H3,(H,25,27). The average Bonchev–Trinajstić information content (AvgIpc) is 2.83. The Morgan fingerprint density at radius 2 is 1.79 bits per heavy atom. The first-order valence-electron chi connectivity index (χ1n) is 9.90. The minimum atomic E-state index is -3.99. The van der Waals surface area contributed by atoms with Crippen LogP contribution in [0.2, 0.25) is 5.02 Å². The average molecular weight is 489 g/mol. The van der Waals surface area contributed by atoms with E-state index in [4.69, 9.17) is 25.8 Å². The zero-order valence-corrected chi connectivity index (χ0v) is 19.4. The monoisotopic (exact) mass is 488 g/mol. The molecule has 1 atom stereocenters. The number of nitrogens with zero attached hydrogens (tertiary/aromatic N) is 1. The molecule has 0 fully saturated rings. The summed E-state index contributed by atoms with van der Waals surface area (Å²) >= 11 is 6.05. The lowest BCUT2D eigenvalue weighted by atomic mass is 10.2. The van der Waals surface area contributed by atoms with Gasteiger partial charge in [-0.15, -0.1) is 0 Å². The number of sulfonamides is 1. The largest absolute Gasteiger partial charge is 0.497 e. The van der Waals surface area contributed by atoms with Crippen molar-refractivity contribution in [3.05, 3.63) is 71.8 Å². The lowest BCUT2D eigenvalue weighted by Crippen LogP contribution is -2.48. The predicted molar refractivity (Wildman–Crippen MR) is 125 cm³/mol. The molecule has 10 heteroatoms. The zero-order valence-electron chi connectivity index (χ0n) is 17.8. The number of benzene rings is 3. The maximum Gasteiger partial charge on any atom is 0.267 e. The van der Waals surface area contributed by atoms with Crippen LogP contribution in [0.25, 0.3) is 0 Å². The Morgan fingerprint density at radius 1 is 1.06 bits per heavy atom. The van der Waals surface area contributed by atoms with Crippen LogP contribution in [0, 0.1) is 0 Å². The number of carbonyl (C=O) groups excluding carboxylic acids is 1. The molecule has 3 aromatic rings. The van der Waals surface area contributed by atoms with E-state index in [1.807, 2.05) is 0 Å². The molecule has 1 amide bonds. The molecule has 1 aliphatic rings. The highest BCUT2D eigenvalue weighted by molar-refractivity contribution is 7.92. The van der Waals surface area contributed by atoms with Gasteiger partial charge in [0, 0.05) is 5.02 Å². The lowest BCUT2D eigenvalue weighted by Gasteiger charge is -2.34. The first kappa shape index (κ1) is 22.8. The Balaban J connectivity index is 1.66. The van der Waals surface area contributed by atoms with Gasteiger partial charge in [-0.3, -0.25) is 9.10 Å². The molecule has 8 nitrogen and oxygen atoms in total. The van der Waals surface area contributed by atoms with Crippen molar-refractivity contribution in [3.63, 3.8) is 0 Å². The van der Waals surface area contributed by atoms with Crippen LogP contribution >= 0.6 is 11.6 Å². The van der Waals surface area contributed by atoms with Gasteiger partial charge in [-0.05, 0) is 54.6 Å². The summed E-state index contributed by atoms with van der Waals surface area (Å²) in [5.41, 5.74) is 0.694. The van der Waals surface area contributed by atoms with Crippen LogP contribution in [0.3, 0.4) is 0 Å². The Labute approximate surface area is 196 Å². The summed E-state index contributed by atoms with van der Waals surface area (Å²) in [6, 6.07) is 17.5. The molecule has 0 aliphatic carbocycles. The van der Waals surface area contributed by atoms with E-state index in [0.717, 1.165) is 0 Å². The molecule has 0 saturated heterocycles. The van der Waals surface area contributed by atoms with Crippen LogP contribution in [0.4, 0.5) is 11.4 Å². The smallest absolute Gasteiger partial charge is 0.267 e. The second-order valence-electron chi connectivity index (χ2n) is 7.12. The summed E-state index contributed by atoms with van der Waals surface area (Å²) in [6.07, 6.45) is -1.11. The first-order valence-corrected chi connectivity index (χ1v) is 11.7. The number of methoxy groups -OCH3 is 2. The van der Waals surface area contributed by atoms with Crippen molar-refractivity contribution in [2.75, 3.05) is 30.4 Å². The summed E-state index contributed by atoms with van der Waals surface area (Å²) < 4.78 is 44.4. The molecule has 1 heterocycles. The van der Waals surface area contributed by atoms with Crippen molar-refractivity contribution in [1.29, 1.82) is 0 Å². The minimum absolute atomic E-state index is 0.0654. The highest BCUT2D eigenvalue weighted by atomic mass is 35.5. The van der Waals surface area contributed by atoms with Gasteiger partial charge >= 0.3 is 0 Å². The van der Waals surface area contributed by atoms with E-state index < -0.39 is 22.0 Å². The third-order valence-electron chi connectivity index (χ3n) is 5.09. The number of hydrogen-bond acceptors (Lipinski definition) is 6. The molecule has 0 radical (unpaired) electrons. The van der Waals surface area contributed by atoms with E-state index >= 15 is 0 Å². The molecule has 1 N–H and O–H groups in total. The van der Waals surface area contributed by atoms with Gasteiger partial charge in [0.2, 0.25) is 0 Å². The van der Waals surface area contributed by atoms with Crippen molar-refractivity contribution in [3.8, 4) is 17.2 Å².